The highest BCUT2D eigenvalue weighted by Crippen LogP contribution is 2.24. The third-order valence-electron chi connectivity index (χ3n) is 1.81. The maximum absolute atomic E-state index is 11.7. The highest BCUT2D eigenvalue weighted by molar-refractivity contribution is 14.1. The van der Waals surface area contributed by atoms with Gasteiger partial charge < -0.3 is 11.1 Å². The van der Waals surface area contributed by atoms with E-state index >= 15 is 0 Å². The van der Waals surface area contributed by atoms with Crippen LogP contribution in [0.15, 0.2) is 18.2 Å². The molecule has 8 heteroatoms. The van der Waals surface area contributed by atoms with Crippen LogP contribution in [0.1, 0.15) is 9.80 Å². The summed E-state index contributed by atoms with van der Waals surface area (Å²) in [6.45, 7) is 0. The van der Waals surface area contributed by atoms with Gasteiger partial charge in [-0.1, -0.05) is 22.9 Å². The molecule has 1 amide bonds. The van der Waals surface area contributed by atoms with Crippen molar-refractivity contribution in [1.82, 2.24) is 10.2 Å². The van der Waals surface area contributed by atoms with Gasteiger partial charge in [0, 0.05) is 3.57 Å². The first-order chi connectivity index (χ1) is 8.06. The number of rotatable bonds is 2. The Morgan fingerprint density at radius 1 is 1.47 bits per heavy atom. The summed E-state index contributed by atoms with van der Waals surface area (Å²) in [4.78, 5) is 11.7. The number of carbonyl (C=O) groups excluding carboxylic acids is 1. The highest BCUT2D eigenvalue weighted by Gasteiger charge is 2.13. The summed E-state index contributed by atoms with van der Waals surface area (Å²) >= 11 is 9.15. The monoisotopic (exact) mass is 380 g/mol. The van der Waals surface area contributed by atoms with Crippen molar-refractivity contribution in [3.8, 4) is 0 Å². The zero-order valence-electron chi connectivity index (χ0n) is 8.28. The lowest BCUT2D eigenvalue weighted by atomic mass is 10.3. The van der Waals surface area contributed by atoms with Crippen LogP contribution < -0.4 is 11.1 Å². The van der Waals surface area contributed by atoms with Crippen molar-refractivity contribution < 1.29 is 4.79 Å². The van der Waals surface area contributed by atoms with Crippen LogP contribution in [-0.4, -0.2) is 16.1 Å². The Hall–Kier alpha value is -0.930. The number of nitrogen functional groups attached to an aromatic ring is 1. The molecular formula is C9H6ClIN4OS. The minimum atomic E-state index is -0.373. The number of hydrogen-bond donors (Lipinski definition) is 2. The average Bonchev–Trinajstić information content (AvgIpc) is 2.69. The van der Waals surface area contributed by atoms with Gasteiger partial charge in [-0.15, -0.1) is 10.2 Å². The number of amides is 1. The standard InChI is InChI=1S/C9H6ClIN4OS/c10-5-3-4(11)1-2-6(5)13-7(16)8-14-15-9(12)17-8/h1-3H,(H2,12,15)(H,13,16). The lowest BCUT2D eigenvalue weighted by molar-refractivity contribution is 0.102. The number of hydrogen-bond acceptors (Lipinski definition) is 5. The minimum absolute atomic E-state index is 0.206. The molecule has 0 bridgehead atoms. The van der Waals surface area contributed by atoms with E-state index in [4.69, 9.17) is 17.3 Å². The largest absolute Gasteiger partial charge is 0.374 e. The number of carbonyl (C=O) groups is 1. The van der Waals surface area contributed by atoms with Gasteiger partial charge in [-0.3, -0.25) is 4.79 Å². The molecule has 17 heavy (non-hydrogen) atoms. The molecule has 1 aromatic carbocycles. The van der Waals surface area contributed by atoms with E-state index in [9.17, 15) is 4.79 Å². The summed E-state index contributed by atoms with van der Waals surface area (Å²) in [5, 5.41) is 10.8. The van der Waals surface area contributed by atoms with E-state index in [-0.39, 0.29) is 16.0 Å². The van der Waals surface area contributed by atoms with E-state index in [1.165, 1.54) is 0 Å². The maximum atomic E-state index is 11.7. The molecule has 1 aromatic heterocycles. The summed E-state index contributed by atoms with van der Waals surface area (Å²) in [5.41, 5.74) is 5.93. The predicted molar refractivity (Wildman–Crippen MR) is 76.4 cm³/mol. The smallest absolute Gasteiger partial charge is 0.286 e. The molecule has 2 rings (SSSR count). The van der Waals surface area contributed by atoms with Gasteiger partial charge in [-0.2, -0.15) is 0 Å². The van der Waals surface area contributed by atoms with Gasteiger partial charge in [0.2, 0.25) is 10.1 Å². The Morgan fingerprint density at radius 2 is 2.24 bits per heavy atom. The third-order valence-corrected chi connectivity index (χ3v) is 3.55. The van der Waals surface area contributed by atoms with Crippen LogP contribution in [0.3, 0.4) is 0 Å². The van der Waals surface area contributed by atoms with Crippen LogP contribution in [-0.2, 0) is 0 Å². The summed E-state index contributed by atoms with van der Waals surface area (Å²) in [6, 6.07) is 5.33. The van der Waals surface area contributed by atoms with Gasteiger partial charge in [0.05, 0.1) is 10.7 Å². The van der Waals surface area contributed by atoms with Crippen LogP contribution in [0.2, 0.25) is 5.02 Å². The summed E-state index contributed by atoms with van der Waals surface area (Å²) < 4.78 is 0.991. The molecule has 2 aromatic rings. The molecule has 0 unspecified atom stereocenters. The number of nitrogens with one attached hydrogen (secondary N) is 1. The van der Waals surface area contributed by atoms with Crippen LogP contribution in [0.4, 0.5) is 10.8 Å². The molecular weight excluding hydrogens is 375 g/mol. The van der Waals surface area contributed by atoms with E-state index in [2.05, 4.69) is 38.1 Å². The van der Waals surface area contributed by atoms with Gasteiger partial charge in [-0.25, -0.2) is 0 Å². The molecule has 0 aliphatic heterocycles. The number of nitrogens with two attached hydrogens (primary N) is 1. The molecule has 0 aliphatic rings. The van der Waals surface area contributed by atoms with Crippen LogP contribution in [0.25, 0.3) is 0 Å². The zero-order chi connectivity index (χ0) is 12.4. The molecule has 1 heterocycles. The number of aromatic nitrogens is 2. The first-order valence-corrected chi connectivity index (χ1v) is 6.69. The van der Waals surface area contributed by atoms with Gasteiger partial charge >= 0.3 is 0 Å². The second-order valence-electron chi connectivity index (χ2n) is 3.02. The number of benzene rings is 1. The van der Waals surface area contributed by atoms with Crippen LogP contribution >= 0.6 is 45.5 Å². The number of halogens is 2. The Bertz CT molecular complexity index is 574. The SMILES string of the molecule is Nc1nnc(C(=O)Nc2ccc(I)cc2Cl)s1. The van der Waals surface area contributed by atoms with Crippen molar-refractivity contribution in [3.05, 3.63) is 31.8 Å². The molecule has 88 valence electrons. The molecule has 0 saturated carbocycles. The third kappa shape index (κ3) is 3.05. The first-order valence-electron chi connectivity index (χ1n) is 4.41. The fourth-order valence-corrected chi connectivity index (χ4v) is 2.50. The van der Waals surface area contributed by atoms with E-state index < -0.39 is 0 Å². The highest BCUT2D eigenvalue weighted by atomic mass is 127. The fraction of sp³-hybridized carbons (Fsp3) is 0. The molecule has 0 atom stereocenters. The van der Waals surface area contributed by atoms with Crippen molar-refractivity contribution in [2.24, 2.45) is 0 Å². The topological polar surface area (TPSA) is 80.9 Å². The zero-order valence-corrected chi connectivity index (χ0v) is 12.0. The predicted octanol–water partition coefficient (Wildman–Crippen LogP) is 2.63. The molecule has 0 spiro atoms. The van der Waals surface area contributed by atoms with E-state index in [0.29, 0.717) is 10.7 Å². The number of anilines is 2. The van der Waals surface area contributed by atoms with Crippen molar-refractivity contribution in [2.75, 3.05) is 11.1 Å². The Morgan fingerprint density at radius 3 is 2.82 bits per heavy atom. The lowest BCUT2D eigenvalue weighted by Crippen LogP contribution is -2.11. The summed E-state index contributed by atoms with van der Waals surface area (Å²) in [6.07, 6.45) is 0. The Labute approximate surface area is 120 Å². The molecule has 3 N–H and O–H groups in total. The van der Waals surface area contributed by atoms with Gasteiger partial charge in [0.15, 0.2) is 0 Å². The molecule has 0 saturated heterocycles. The Kier molecular flexibility index (Phi) is 3.79. The van der Waals surface area contributed by atoms with Gasteiger partial charge in [0.25, 0.3) is 5.91 Å². The minimum Gasteiger partial charge on any atom is -0.374 e. The molecule has 5 nitrogen and oxygen atoms in total. The average molecular weight is 381 g/mol. The van der Waals surface area contributed by atoms with Crippen molar-refractivity contribution in [3.63, 3.8) is 0 Å². The second kappa shape index (κ2) is 5.15. The Balaban J connectivity index is 2.18. The number of nitrogens with zero attached hydrogens (tertiary/aromatic N) is 2. The van der Waals surface area contributed by atoms with E-state index in [1.807, 2.05) is 6.07 Å². The molecule has 0 fully saturated rings. The summed E-state index contributed by atoms with van der Waals surface area (Å²) in [7, 11) is 0. The van der Waals surface area contributed by atoms with Crippen molar-refractivity contribution in [2.45, 2.75) is 0 Å². The van der Waals surface area contributed by atoms with E-state index in [1.54, 1.807) is 12.1 Å². The quantitative estimate of drug-likeness (QED) is 0.785. The van der Waals surface area contributed by atoms with Gasteiger partial charge in [-0.05, 0) is 40.8 Å². The maximum Gasteiger partial charge on any atom is 0.286 e. The van der Waals surface area contributed by atoms with Crippen molar-refractivity contribution in [1.29, 1.82) is 0 Å². The van der Waals surface area contributed by atoms with Crippen molar-refractivity contribution >= 4 is 62.3 Å². The summed E-state index contributed by atoms with van der Waals surface area (Å²) in [5.74, 6) is -0.373. The van der Waals surface area contributed by atoms with Gasteiger partial charge in [0.1, 0.15) is 0 Å². The second-order valence-corrected chi connectivity index (χ2v) is 5.69. The molecule has 0 radical (unpaired) electrons. The fourth-order valence-electron chi connectivity index (χ4n) is 1.09. The molecule has 0 aliphatic carbocycles. The normalized spacial score (nSPS) is 10.2. The van der Waals surface area contributed by atoms with E-state index in [0.717, 1.165) is 14.9 Å². The van der Waals surface area contributed by atoms with Crippen LogP contribution in [0.5, 0.6) is 0 Å². The first kappa shape index (κ1) is 12.5. The lowest BCUT2D eigenvalue weighted by Gasteiger charge is -2.05. The van der Waals surface area contributed by atoms with Crippen LogP contribution in [0, 0.1) is 3.57 Å².